The minimum atomic E-state index is 0.752. The summed E-state index contributed by atoms with van der Waals surface area (Å²) in [6, 6.07) is 0.752. The molecule has 0 saturated carbocycles. The average molecular weight is 241 g/mol. The Kier molecular flexibility index (Phi) is 4.17. The van der Waals surface area contributed by atoms with Gasteiger partial charge in [-0.2, -0.15) is 0 Å². The number of aromatic nitrogens is 4. The first-order valence-electron chi connectivity index (χ1n) is 5.83. The minimum Gasteiger partial charge on any atom is -0.303 e. The molecule has 1 aliphatic heterocycles. The number of tetrazole rings is 1. The van der Waals surface area contributed by atoms with Crippen molar-refractivity contribution in [1.82, 2.24) is 25.1 Å². The van der Waals surface area contributed by atoms with E-state index in [0.717, 1.165) is 17.0 Å². The summed E-state index contributed by atoms with van der Waals surface area (Å²) in [6.07, 6.45) is 5.31. The molecule has 1 aliphatic rings. The van der Waals surface area contributed by atoms with E-state index in [9.17, 15) is 0 Å². The molecule has 5 nitrogen and oxygen atoms in total. The van der Waals surface area contributed by atoms with Gasteiger partial charge in [0.15, 0.2) is 0 Å². The van der Waals surface area contributed by atoms with E-state index in [0.29, 0.717) is 0 Å². The van der Waals surface area contributed by atoms with Crippen LogP contribution < -0.4 is 0 Å². The number of rotatable bonds is 4. The number of piperidine rings is 1. The third-order valence-corrected chi connectivity index (χ3v) is 4.23. The lowest BCUT2D eigenvalue weighted by Gasteiger charge is -2.32. The lowest BCUT2D eigenvalue weighted by Crippen LogP contribution is -2.36. The number of hydrogen-bond acceptors (Lipinski definition) is 5. The van der Waals surface area contributed by atoms with E-state index in [-0.39, 0.29) is 0 Å². The normalized spacial score (nSPS) is 22.5. The molecule has 0 amide bonds. The Morgan fingerprint density at radius 2 is 2.25 bits per heavy atom. The summed E-state index contributed by atoms with van der Waals surface area (Å²) >= 11 is 1.75. The van der Waals surface area contributed by atoms with E-state index in [1.54, 1.807) is 16.4 Å². The van der Waals surface area contributed by atoms with Gasteiger partial charge in [-0.15, -0.1) is 5.10 Å². The second-order valence-electron chi connectivity index (χ2n) is 4.35. The highest BCUT2D eigenvalue weighted by Crippen LogP contribution is 2.21. The number of likely N-dealkylation sites (tertiary alicyclic amines) is 1. The monoisotopic (exact) mass is 241 g/mol. The fourth-order valence-corrected chi connectivity index (χ4v) is 3.03. The van der Waals surface area contributed by atoms with Crippen LogP contribution in [0.25, 0.3) is 0 Å². The predicted octanol–water partition coefficient (Wildman–Crippen LogP) is 1.18. The number of nitrogens with zero attached hydrogens (tertiary/aromatic N) is 5. The standard InChI is InChI=1S/C10H19N5S/c1-14-7-4-3-5-9(14)6-8-16-10-11-12-13-15(10)2/h9H,3-8H2,1-2H3. The molecular formula is C10H19N5S. The Bertz CT molecular complexity index is 327. The molecule has 0 aromatic carbocycles. The second kappa shape index (κ2) is 5.63. The molecular weight excluding hydrogens is 222 g/mol. The Hall–Kier alpha value is -0.620. The van der Waals surface area contributed by atoms with Crippen molar-refractivity contribution in [2.75, 3.05) is 19.3 Å². The lowest BCUT2D eigenvalue weighted by atomic mass is 10.0. The molecule has 1 fully saturated rings. The van der Waals surface area contributed by atoms with E-state index in [1.165, 1.54) is 32.2 Å². The van der Waals surface area contributed by atoms with Gasteiger partial charge < -0.3 is 4.90 Å². The van der Waals surface area contributed by atoms with Crippen LogP contribution in [0, 0.1) is 0 Å². The zero-order chi connectivity index (χ0) is 11.4. The minimum absolute atomic E-state index is 0.752. The van der Waals surface area contributed by atoms with Gasteiger partial charge in [0, 0.05) is 18.8 Å². The SMILES string of the molecule is CN1CCCCC1CCSc1nnnn1C. The van der Waals surface area contributed by atoms with Crippen molar-refractivity contribution in [2.24, 2.45) is 7.05 Å². The third-order valence-electron chi connectivity index (χ3n) is 3.19. The first-order chi connectivity index (χ1) is 7.77. The fraction of sp³-hybridized carbons (Fsp3) is 0.900. The molecule has 90 valence electrons. The number of aryl methyl sites for hydroxylation is 1. The molecule has 1 atom stereocenters. The van der Waals surface area contributed by atoms with Crippen LogP contribution in [0.4, 0.5) is 0 Å². The Morgan fingerprint density at radius 1 is 1.38 bits per heavy atom. The van der Waals surface area contributed by atoms with Gasteiger partial charge >= 0.3 is 0 Å². The predicted molar refractivity (Wildman–Crippen MR) is 64.4 cm³/mol. The molecule has 0 aliphatic carbocycles. The van der Waals surface area contributed by atoms with Gasteiger partial charge in [0.05, 0.1) is 0 Å². The fourth-order valence-electron chi connectivity index (χ4n) is 2.14. The quantitative estimate of drug-likeness (QED) is 0.741. The van der Waals surface area contributed by atoms with Crippen molar-refractivity contribution in [2.45, 2.75) is 36.9 Å². The van der Waals surface area contributed by atoms with Crippen LogP contribution in [-0.2, 0) is 7.05 Å². The van der Waals surface area contributed by atoms with E-state index in [4.69, 9.17) is 0 Å². The summed E-state index contributed by atoms with van der Waals surface area (Å²) in [6.45, 7) is 1.25. The molecule has 1 aromatic rings. The highest BCUT2D eigenvalue weighted by Gasteiger charge is 2.18. The van der Waals surface area contributed by atoms with Crippen LogP contribution in [0.3, 0.4) is 0 Å². The maximum Gasteiger partial charge on any atom is 0.209 e. The summed E-state index contributed by atoms with van der Waals surface area (Å²) in [5.41, 5.74) is 0. The van der Waals surface area contributed by atoms with Crippen molar-refractivity contribution in [3.63, 3.8) is 0 Å². The molecule has 1 aromatic heterocycles. The van der Waals surface area contributed by atoms with Crippen LogP contribution in [0.15, 0.2) is 5.16 Å². The Morgan fingerprint density at radius 3 is 2.94 bits per heavy atom. The average Bonchev–Trinajstić information content (AvgIpc) is 2.67. The van der Waals surface area contributed by atoms with Crippen molar-refractivity contribution >= 4 is 11.8 Å². The summed E-state index contributed by atoms with van der Waals surface area (Å²) in [7, 11) is 4.12. The molecule has 0 spiro atoms. The topological polar surface area (TPSA) is 46.8 Å². The molecule has 0 N–H and O–H groups in total. The van der Waals surface area contributed by atoms with Crippen molar-refractivity contribution in [3.8, 4) is 0 Å². The molecule has 0 bridgehead atoms. The first-order valence-corrected chi connectivity index (χ1v) is 6.81. The summed E-state index contributed by atoms with van der Waals surface area (Å²) in [4.78, 5) is 2.49. The molecule has 1 saturated heterocycles. The van der Waals surface area contributed by atoms with Gasteiger partial charge in [-0.3, -0.25) is 0 Å². The van der Waals surface area contributed by atoms with Crippen LogP contribution in [0.2, 0.25) is 0 Å². The van der Waals surface area contributed by atoms with Crippen LogP contribution >= 0.6 is 11.8 Å². The summed E-state index contributed by atoms with van der Waals surface area (Å²) in [5, 5.41) is 12.3. The van der Waals surface area contributed by atoms with Gasteiger partial charge in [-0.25, -0.2) is 4.68 Å². The zero-order valence-electron chi connectivity index (χ0n) is 9.96. The summed E-state index contributed by atoms with van der Waals surface area (Å²) < 4.78 is 1.73. The van der Waals surface area contributed by atoms with Gasteiger partial charge in [0.2, 0.25) is 5.16 Å². The molecule has 16 heavy (non-hydrogen) atoms. The van der Waals surface area contributed by atoms with E-state index >= 15 is 0 Å². The highest BCUT2D eigenvalue weighted by molar-refractivity contribution is 7.99. The van der Waals surface area contributed by atoms with Gasteiger partial charge in [-0.1, -0.05) is 18.2 Å². The maximum absolute atomic E-state index is 3.97. The summed E-state index contributed by atoms with van der Waals surface area (Å²) in [5.74, 6) is 1.10. The lowest BCUT2D eigenvalue weighted by molar-refractivity contribution is 0.182. The molecule has 6 heteroatoms. The Balaban J connectivity index is 1.73. The molecule has 2 heterocycles. The highest BCUT2D eigenvalue weighted by atomic mass is 32.2. The third kappa shape index (κ3) is 2.95. The van der Waals surface area contributed by atoms with Crippen LogP contribution in [0.5, 0.6) is 0 Å². The van der Waals surface area contributed by atoms with Gasteiger partial charge in [-0.05, 0) is 43.3 Å². The smallest absolute Gasteiger partial charge is 0.209 e. The zero-order valence-corrected chi connectivity index (χ0v) is 10.8. The van der Waals surface area contributed by atoms with Crippen LogP contribution in [0.1, 0.15) is 25.7 Å². The maximum atomic E-state index is 3.97. The molecule has 0 radical (unpaired) electrons. The largest absolute Gasteiger partial charge is 0.303 e. The van der Waals surface area contributed by atoms with E-state index in [2.05, 4.69) is 27.5 Å². The van der Waals surface area contributed by atoms with E-state index in [1.807, 2.05) is 7.05 Å². The molecule has 2 rings (SSSR count). The van der Waals surface area contributed by atoms with Crippen molar-refractivity contribution in [3.05, 3.63) is 0 Å². The number of hydrogen-bond donors (Lipinski definition) is 0. The van der Waals surface area contributed by atoms with Crippen LogP contribution in [-0.4, -0.2) is 50.5 Å². The second-order valence-corrected chi connectivity index (χ2v) is 5.41. The molecule has 1 unspecified atom stereocenters. The first kappa shape index (κ1) is 11.9. The number of thioether (sulfide) groups is 1. The van der Waals surface area contributed by atoms with Gasteiger partial charge in [0.25, 0.3) is 0 Å². The van der Waals surface area contributed by atoms with Crippen molar-refractivity contribution < 1.29 is 0 Å². The van der Waals surface area contributed by atoms with Crippen molar-refractivity contribution in [1.29, 1.82) is 0 Å². The Labute approximate surface area is 101 Å². The van der Waals surface area contributed by atoms with E-state index < -0.39 is 0 Å². The van der Waals surface area contributed by atoms with Gasteiger partial charge in [0.1, 0.15) is 0 Å².